The summed E-state index contributed by atoms with van der Waals surface area (Å²) in [5.74, 6) is 1.07. The fraction of sp³-hybridized carbons (Fsp3) is 1.00. The third-order valence-corrected chi connectivity index (χ3v) is 5.89. The zero-order valence-corrected chi connectivity index (χ0v) is 9.60. The van der Waals surface area contributed by atoms with Crippen molar-refractivity contribution in [1.82, 2.24) is 10.2 Å². The molecule has 2 heteroatoms. The Kier molecular flexibility index (Phi) is 1.67. The van der Waals surface area contributed by atoms with E-state index in [1.165, 1.54) is 64.7 Å². The minimum absolute atomic E-state index is 0.645. The first-order valence-corrected chi connectivity index (χ1v) is 6.86. The monoisotopic (exact) mass is 206 g/mol. The highest BCUT2D eigenvalue weighted by Gasteiger charge is 2.81. The van der Waals surface area contributed by atoms with E-state index in [9.17, 15) is 0 Å². The molecule has 2 aliphatic heterocycles. The van der Waals surface area contributed by atoms with Crippen LogP contribution < -0.4 is 5.32 Å². The van der Waals surface area contributed by atoms with E-state index < -0.39 is 0 Å². The lowest BCUT2D eigenvalue weighted by Crippen LogP contribution is -2.47. The summed E-state index contributed by atoms with van der Waals surface area (Å²) in [5, 5.41) is 3.68. The number of fused-ring (bicyclic) bond motifs is 1. The molecule has 84 valence electrons. The highest BCUT2D eigenvalue weighted by Crippen LogP contribution is 2.75. The lowest BCUT2D eigenvalue weighted by Gasteiger charge is -2.37. The SMILES string of the molecule is C1CCN([C@]23CNC[C@@]24CCC[C@H]43)CC1. The van der Waals surface area contributed by atoms with Crippen molar-refractivity contribution in [2.45, 2.75) is 44.1 Å². The van der Waals surface area contributed by atoms with E-state index in [1.54, 1.807) is 0 Å². The van der Waals surface area contributed by atoms with Gasteiger partial charge in [0.1, 0.15) is 0 Å². The first-order valence-electron chi connectivity index (χ1n) is 6.86. The largest absolute Gasteiger partial charge is 0.314 e. The number of rotatable bonds is 1. The van der Waals surface area contributed by atoms with Crippen LogP contribution in [0.3, 0.4) is 0 Å². The number of likely N-dealkylation sites (tertiary alicyclic amines) is 1. The summed E-state index contributed by atoms with van der Waals surface area (Å²) in [7, 11) is 0. The topological polar surface area (TPSA) is 15.3 Å². The Balaban J connectivity index is 1.65. The molecule has 0 bridgehead atoms. The van der Waals surface area contributed by atoms with Gasteiger partial charge in [-0.2, -0.15) is 0 Å². The summed E-state index contributed by atoms with van der Waals surface area (Å²) >= 11 is 0. The van der Waals surface area contributed by atoms with Crippen molar-refractivity contribution in [3.05, 3.63) is 0 Å². The molecule has 1 N–H and O–H groups in total. The molecule has 4 aliphatic rings. The molecule has 0 aromatic rings. The van der Waals surface area contributed by atoms with Crippen LogP contribution in [0.1, 0.15) is 38.5 Å². The van der Waals surface area contributed by atoms with Crippen LogP contribution in [0.2, 0.25) is 0 Å². The minimum atomic E-state index is 0.645. The highest BCUT2D eigenvalue weighted by molar-refractivity contribution is 5.35. The quantitative estimate of drug-likeness (QED) is 0.701. The Bertz CT molecular complexity index is 280. The van der Waals surface area contributed by atoms with E-state index in [0.29, 0.717) is 5.54 Å². The highest BCUT2D eigenvalue weighted by atomic mass is 15.3. The Hall–Kier alpha value is -0.0800. The maximum atomic E-state index is 3.68. The van der Waals surface area contributed by atoms with Gasteiger partial charge >= 0.3 is 0 Å². The van der Waals surface area contributed by atoms with Gasteiger partial charge in [0.15, 0.2) is 0 Å². The van der Waals surface area contributed by atoms with Crippen molar-refractivity contribution < 1.29 is 0 Å². The molecule has 2 saturated heterocycles. The molecule has 2 heterocycles. The van der Waals surface area contributed by atoms with Gasteiger partial charge in [0.25, 0.3) is 0 Å². The Morgan fingerprint density at radius 3 is 2.67 bits per heavy atom. The molecule has 0 unspecified atom stereocenters. The lowest BCUT2D eigenvalue weighted by atomic mass is 9.95. The van der Waals surface area contributed by atoms with Crippen molar-refractivity contribution in [1.29, 1.82) is 0 Å². The maximum absolute atomic E-state index is 3.68. The first kappa shape index (κ1) is 9.00. The zero-order chi connectivity index (χ0) is 9.93. The number of piperidine rings is 2. The summed E-state index contributed by atoms with van der Waals surface area (Å²) < 4.78 is 0. The Morgan fingerprint density at radius 2 is 1.87 bits per heavy atom. The molecule has 15 heavy (non-hydrogen) atoms. The minimum Gasteiger partial charge on any atom is -0.314 e. The predicted octanol–water partition coefficient (Wildman–Crippen LogP) is 1.61. The summed E-state index contributed by atoms with van der Waals surface area (Å²) in [4.78, 5) is 2.88. The average Bonchev–Trinajstić information content (AvgIpc) is 2.70. The molecule has 4 rings (SSSR count). The normalized spacial score (nSPS) is 54.0. The van der Waals surface area contributed by atoms with Crippen molar-refractivity contribution in [3.8, 4) is 0 Å². The van der Waals surface area contributed by atoms with E-state index in [2.05, 4.69) is 10.2 Å². The fourth-order valence-corrected chi connectivity index (χ4v) is 5.35. The second kappa shape index (κ2) is 2.78. The van der Waals surface area contributed by atoms with Gasteiger partial charge in [-0.25, -0.2) is 0 Å². The second-order valence-corrected chi connectivity index (χ2v) is 6.18. The summed E-state index contributed by atoms with van der Waals surface area (Å²) in [5.41, 5.74) is 1.38. The molecule has 2 nitrogen and oxygen atoms in total. The zero-order valence-electron chi connectivity index (χ0n) is 9.60. The Labute approximate surface area is 92.4 Å². The molecule has 0 amide bonds. The van der Waals surface area contributed by atoms with Gasteiger partial charge in [-0.15, -0.1) is 0 Å². The van der Waals surface area contributed by atoms with Crippen LogP contribution in [0.4, 0.5) is 0 Å². The van der Waals surface area contributed by atoms with Crippen LogP contribution in [0, 0.1) is 11.3 Å². The molecule has 2 aliphatic carbocycles. The smallest absolute Gasteiger partial charge is 0.0440 e. The van der Waals surface area contributed by atoms with Crippen molar-refractivity contribution in [3.63, 3.8) is 0 Å². The van der Waals surface area contributed by atoms with E-state index in [0.717, 1.165) is 11.3 Å². The van der Waals surface area contributed by atoms with Gasteiger partial charge in [0.2, 0.25) is 0 Å². The third-order valence-electron chi connectivity index (χ3n) is 5.89. The standard InChI is InChI=1S/C13H22N2/c1-2-7-15(8-3-1)13-10-14-9-12(13)6-4-5-11(12)13/h11,14H,1-10H2/t11-,12-,13+/m1/s1. The van der Waals surface area contributed by atoms with Crippen LogP contribution in [0.15, 0.2) is 0 Å². The van der Waals surface area contributed by atoms with Gasteiger partial charge in [-0.1, -0.05) is 12.8 Å². The van der Waals surface area contributed by atoms with Gasteiger partial charge < -0.3 is 5.32 Å². The molecule has 4 fully saturated rings. The van der Waals surface area contributed by atoms with Crippen LogP contribution in [0.5, 0.6) is 0 Å². The van der Waals surface area contributed by atoms with Crippen molar-refractivity contribution >= 4 is 0 Å². The Morgan fingerprint density at radius 1 is 1.00 bits per heavy atom. The van der Waals surface area contributed by atoms with Crippen molar-refractivity contribution in [2.24, 2.45) is 11.3 Å². The van der Waals surface area contributed by atoms with Crippen LogP contribution in [-0.4, -0.2) is 36.6 Å². The van der Waals surface area contributed by atoms with Crippen LogP contribution in [-0.2, 0) is 0 Å². The number of nitrogens with one attached hydrogen (secondary N) is 1. The van der Waals surface area contributed by atoms with Gasteiger partial charge in [0, 0.05) is 24.0 Å². The molecule has 0 aromatic carbocycles. The van der Waals surface area contributed by atoms with Gasteiger partial charge in [0.05, 0.1) is 0 Å². The molecule has 1 spiro atoms. The van der Waals surface area contributed by atoms with E-state index in [4.69, 9.17) is 0 Å². The third kappa shape index (κ3) is 0.861. The van der Waals surface area contributed by atoms with Crippen LogP contribution in [0.25, 0.3) is 0 Å². The van der Waals surface area contributed by atoms with Crippen molar-refractivity contribution in [2.75, 3.05) is 26.2 Å². The summed E-state index contributed by atoms with van der Waals surface area (Å²) in [6.45, 7) is 5.41. The predicted molar refractivity (Wildman–Crippen MR) is 60.8 cm³/mol. The first-order chi connectivity index (χ1) is 7.40. The van der Waals surface area contributed by atoms with E-state index >= 15 is 0 Å². The van der Waals surface area contributed by atoms with E-state index in [-0.39, 0.29) is 0 Å². The molecular weight excluding hydrogens is 184 g/mol. The second-order valence-electron chi connectivity index (χ2n) is 6.18. The fourth-order valence-electron chi connectivity index (χ4n) is 5.35. The van der Waals surface area contributed by atoms with Gasteiger partial charge in [-0.05, 0) is 44.7 Å². The molecule has 0 aromatic heterocycles. The summed E-state index contributed by atoms with van der Waals surface area (Å²) in [6.07, 6.45) is 8.91. The molecule has 3 atom stereocenters. The molecule has 0 radical (unpaired) electrons. The van der Waals surface area contributed by atoms with E-state index in [1.807, 2.05) is 0 Å². The summed E-state index contributed by atoms with van der Waals surface area (Å²) in [6, 6.07) is 0. The molecule has 2 saturated carbocycles. The average molecular weight is 206 g/mol. The number of hydrogen-bond donors (Lipinski definition) is 1. The number of hydrogen-bond acceptors (Lipinski definition) is 2. The van der Waals surface area contributed by atoms with Crippen LogP contribution >= 0.6 is 0 Å². The maximum Gasteiger partial charge on any atom is 0.0440 e. The van der Waals surface area contributed by atoms with Gasteiger partial charge in [-0.3, -0.25) is 4.90 Å². The lowest BCUT2D eigenvalue weighted by molar-refractivity contribution is 0.116. The molecular formula is C13H22N2. The number of nitrogens with zero attached hydrogens (tertiary/aromatic N) is 1.